The summed E-state index contributed by atoms with van der Waals surface area (Å²) >= 11 is 0. The molecular weight excluding hydrogens is 286 g/mol. The van der Waals surface area contributed by atoms with Crippen molar-refractivity contribution in [3.63, 3.8) is 0 Å². The number of rotatable bonds is 6. The van der Waals surface area contributed by atoms with Crippen LogP contribution in [0, 0.1) is 17.8 Å². The summed E-state index contributed by atoms with van der Waals surface area (Å²) in [5.74, 6) is 2.51. The lowest BCUT2D eigenvalue weighted by atomic mass is 9.94. The lowest BCUT2D eigenvalue weighted by molar-refractivity contribution is 0.188. The highest BCUT2D eigenvalue weighted by Crippen LogP contribution is 2.42. The van der Waals surface area contributed by atoms with Gasteiger partial charge in [-0.25, -0.2) is 8.42 Å². The van der Waals surface area contributed by atoms with Gasteiger partial charge in [-0.05, 0) is 37.1 Å². The Balaban J connectivity index is 1.30. The molecule has 2 fully saturated rings. The Labute approximate surface area is 128 Å². The first-order valence-corrected chi connectivity index (χ1v) is 9.94. The quantitative estimate of drug-likeness (QED) is 0.568. The van der Waals surface area contributed by atoms with Gasteiger partial charge in [0.15, 0.2) is 0 Å². The SMILES string of the molecule is CS(=O)(=O)N1CCN(CCNC[C@@H]2C[C@H]3C=C[C@H]2C3)CC1. The molecule has 1 saturated carbocycles. The van der Waals surface area contributed by atoms with Crippen molar-refractivity contribution < 1.29 is 8.42 Å². The Kier molecular flexibility index (Phi) is 4.69. The minimum Gasteiger partial charge on any atom is -0.315 e. The Bertz CT molecular complexity index is 483. The van der Waals surface area contributed by atoms with Crippen molar-refractivity contribution in [3.8, 4) is 0 Å². The van der Waals surface area contributed by atoms with E-state index in [0.717, 1.165) is 50.5 Å². The van der Waals surface area contributed by atoms with Crippen LogP contribution >= 0.6 is 0 Å². The van der Waals surface area contributed by atoms with Gasteiger partial charge in [-0.1, -0.05) is 12.2 Å². The zero-order valence-electron chi connectivity index (χ0n) is 12.9. The second-order valence-electron chi connectivity index (χ2n) is 6.75. The van der Waals surface area contributed by atoms with E-state index in [-0.39, 0.29) is 0 Å². The smallest absolute Gasteiger partial charge is 0.211 e. The van der Waals surface area contributed by atoms with Crippen LogP contribution in [0.2, 0.25) is 0 Å². The van der Waals surface area contributed by atoms with Crippen molar-refractivity contribution in [2.24, 2.45) is 17.8 Å². The summed E-state index contributed by atoms with van der Waals surface area (Å²) in [5.41, 5.74) is 0. The number of nitrogens with zero attached hydrogens (tertiary/aromatic N) is 2. The highest BCUT2D eigenvalue weighted by Gasteiger charge is 2.34. The molecule has 5 nitrogen and oxygen atoms in total. The van der Waals surface area contributed by atoms with E-state index in [4.69, 9.17) is 0 Å². The predicted molar refractivity (Wildman–Crippen MR) is 84.6 cm³/mol. The maximum absolute atomic E-state index is 11.5. The molecule has 1 heterocycles. The van der Waals surface area contributed by atoms with E-state index >= 15 is 0 Å². The molecule has 1 N–H and O–H groups in total. The van der Waals surface area contributed by atoms with Gasteiger partial charge in [-0.15, -0.1) is 0 Å². The van der Waals surface area contributed by atoms with Crippen molar-refractivity contribution in [1.82, 2.24) is 14.5 Å². The largest absolute Gasteiger partial charge is 0.315 e. The fourth-order valence-electron chi connectivity index (χ4n) is 3.94. The van der Waals surface area contributed by atoms with Crippen molar-refractivity contribution in [2.45, 2.75) is 12.8 Å². The first-order chi connectivity index (χ1) is 10.0. The molecule has 2 bridgehead atoms. The summed E-state index contributed by atoms with van der Waals surface area (Å²) in [6, 6.07) is 0. The molecule has 21 heavy (non-hydrogen) atoms. The number of fused-ring (bicyclic) bond motifs is 2. The van der Waals surface area contributed by atoms with Gasteiger partial charge in [0.1, 0.15) is 0 Å². The topological polar surface area (TPSA) is 52.7 Å². The lowest BCUT2D eigenvalue weighted by Crippen LogP contribution is -2.49. The van der Waals surface area contributed by atoms with Gasteiger partial charge in [-0.2, -0.15) is 4.31 Å². The number of sulfonamides is 1. The van der Waals surface area contributed by atoms with Crippen molar-refractivity contribution in [3.05, 3.63) is 12.2 Å². The third kappa shape index (κ3) is 3.86. The monoisotopic (exact) mass is 313 g/mol. The van der Waals surface area contributed by atoms with Crippen LogP contribution in [-0.2, 0) is 10.0 Å². The third-order valence-corrected chi connectivity index (χ3v) is 6.53. The van der Waals surface area contributed by atoms with Crippen LogP contribution in [0.1, 0.15) is 12.8 Å². The molecule has 0 unspecified atom stereocenters. The normalized spacial score (nSPS) is 33.9. The molecular formula is C15H27N3O2S. The zero-order valence-corrected chi connectivity index (χ0v) is 13.7. The van der Waals surface area contributed by atoms with E-state index < -0.39 is 10.0 Å². The molecule has 3 rings (SSSR count). The van der Waals surface area contributed by atoms with Crippen LogP contribution < -0.4 is 5.32 Å². The molecule has 1 saturated heterocycles. The molecule has 0 aromatic heterocycles. The summed E-state index contributed by atoms with van der Waals surface area (Å²) in [4.78, 5) is 2.36. The van der Waals surface area contributed by atoms with E-state index in [1.807, 2.05) is 0 Å². The molecule has 1 aliphatic heterocycles. The Morgan fingerprint density at radius 2 is 1.90 bits per heavy atom. The van der Waals surface area contributed by atoms with E-state index in [1.165, 1.54) is 19.1 Å². The maximum atomic E-state index is 11.5. The van der Waals surface area contributed by atoms with E-state index in [9.17, 15) is 8.42 Å². The highest BCUT2D eigenvalue weighted by atomic mass is 32.2. The van der Waals surface area contributed by atoms with Crippen molar-refractivity contribution in [2.75, 3.05) is 52.1 Å². The van der Waals surface area contributed by atoms with Gasteiger partial charge in [0.05, 0.1) is 6.26 Å². The van der Waals surface area contributed by atoms with Crippen LogP contribution in [0.5, 0.6) is 0 Å². The second kappa shape index (κ2) is 6.36. The van der Waals surface area contributed by atoms with Crippen LogP contribution in [-0.4, -0.2) is 69.7 Å². The molecule has 6 heteroatoms. The van der Waals surface area contributed by atoms with Crippen LogP contribution in [0.4, 0.5) is 0 Å². The van der Waals surface area contributed by atoms with Gasteiger partial charge in [-0.3, -0.25) is 4.90 Å². The lowest BCUT2D eigenvalue weighted by Gasteiger charge is -2.33. The van der Waals surface area contributed by atoms with Crippen molar-refractivity contribution in [1.29, 1.82) is 0 Å². The average Bonchev–Trinajstić information content (AvgIpc) is 3.05. The second-order valence-corrected chi connectivity index (χ2v) is 8.73. The van der Waals surface area contributed by atoms with Crippen LogP contribution in [0.3, 0.4) is 0 Å². The summed E-state index contributed by atoms with van der Waals surface area (Å²) in [7, 11) is -3.01. The standard InChI is InChI=1S/C15H27N3O2S/c1-21(19,20)18-8-6-17(7-9-18)5-4-16-12-15-11-13-2-3-14(15)10-13/h2-3,13-16H,4-12H2,1H3/t13-,14-,15-/m0/s1. The summed E-state index contributed by atoms with van der Waals surface area (Å²) in [6.07, 6.45) is 8.84. The average molecular weight is 313 g/mol. The van der Waals surface area contributed by atoms with Crippen LogP contribution in [0.25, 0.3) is 0 Å². The molecule has 3 atom stereocenters. The predicted octanol–water partition coefficient (Wildman–Crippen LogP) is 0.365. The number of hydrogen-bond acceptors (Lipinski definition) is 4. The van der Waals surface area contributed by atoms with Crippen LogP contribution in [0.15, 0.2) is 12.2 Å². The molecule has 0 aromatic rings. The molecule has 0 radical (unpaired) electrons. The summed E-state index contributed by atoms with van der Waals surface area (Å²) in [6.45, 7) is 6.14. The van der Waals surface area contributed by atoms with Gasteiger partial charge in [0.25, 0.3) is 0 Å². The molecule has 0 aromatic carbocycles. The first-order valence-electron chi connectivity index (χ1n) is 8.09. The number of allylic oxidation sites excluding steroid dienone is 2. The van der Waals surface area contributed by atoms with Crippen molar-refractivity contribution >= 4 is 10.0 Å². The summed E-state index contributed by atoms with van der Waals surface area (Å²) < 4.78 is 24.5. The Morgan fingerprint density at radius 1 is 1.14 bits per heavy atom. The maximum Gasteiger partial charge on any atom is 0.211 e. The molecule has 3 aliphatic rings. The molecule has 0 amide bonds. The summed E-state index contributed by atoms with van der Waals surface area (Å²) in [5, 5.41) is 3.59. The molecule has 0 spiro atoms. The Hall–Kier alpha value is -0.430. The first kappa shape index (κ1) is 15.5. The van der Waals surface area contributed by atoms with E-state index in [1.54, 1.807) is 4.31 Å². The van der Waals surface area contributed by atoms with E-state index in [2.05, 4.69) is 22.4 Å². The van der Waals surface area contributed by atoms with Gasteiger partial charge in [0, 0.05) is 39.3 Å². The fourth-order valence-corrected chi connectivity index (χ4v) is 4.77. The van der Waals surface area contributed by atoms with E-state index in [0.29, 0.717) is 13.1 Å². The number of hydrogen-bond donors (Lipinski definition) is 1. The minimum absolute atomic E-state index is 0.635. The zero-order chi connectivity index (χ0) is 14.9. The van der Waals surface area contributed by atoms with Gasteiger partial charge in [0.2, 0.25) is 10.0 Å². The minimum atomic E-state index is -3.01. The number of piperazine rings is 1. The third-order valence-electron chi connectivity index (χ3n) is 5.23. The highest BCUT2D eigenvalue weighted by molar-refractivity contribution is 7.88. The number of nitrogens with one attached hydrogen (secondary N) is 1. The Morgan fingerprint density at radius 3 is 2.48 bits per heavy atom. The van der Waals surface area contributed by atoms with Gasteiger partial charge >= 0.3 is 0 Å². The fraction of sp³-hybridized carbons (Fsp3) is 0.867. The molecule has 120 valence electrons. The molecule has 2 aliphatic carbocycles. The van der Waals surface area contributed by atoms with Gasteiger partial charge < -0.3 is 5.32 Å².